The molecule has 0 bridgehead atoms. The van der Waals surface area contributed by atoms with Crippen LogP contribution in [0.25, 0.3) is 0 Å². The molecule has 0 spiro atoms. The van der Waals surface area contributed by atoms with Crippen LogP contribution in [0.1, 0.15) is 0 Å². The summed E-state index contributed by atoms with van der Waals surface area (Å²) in [5, 5.41) is 4.30. The van der Waals surface area contributed by atoms with Gasteiger partial charge in [0.1, 0.15) is 6.33 Å². The predicted octanol–water partition coefficient (Wildman–Crippen LogP) is 0.353. The van der Waals surface area contributed by atoms with E-state index >= 15 is 0 Å². The lowest BCUT2D eigenvalue weighted by molar-refractivity contribution is 0.0607. The van der Waals surface area contributed by atoms with Gasteiger partial charge in [0.25, 0.3) is 5.95 Å². The standard InChI is InChI=1S/C10H15N5O2.ClH/c1-4-5-11-9-12-8-13-10(14-9)15(2)17-7-6-16-3;/h1,8H,5-7H2,2-3H3,(H,11,12,13,14);1H. The molecule has 0 radical (unpaired) electrons. The van der Waals surface area contributed by atoms with E-state index in [1.807, 2.05) is 0 Å². The summed E-state index contributed by atoms with van der Waals surface area (Å²) >= 11 is 0. The topological polar surface area (TPSA) is 72.4 Å². The lowest BCUT2D eigenvalue weighted by Gasteiger charge is -2.16. The van der Waals surface area contributed by atoms with Crippen LogP contribution in [-0.2, 0) is 9.57 Å². The third kappa shape index (κ3) is 5.63. The highest BCUT2D eigenvalue weighted by atomic mass is 35.5. The Morgan fingerprint density at radius 1 is 1.44 bits per heavy atom. The van der Waals surface area contributed by atoms with Crippen molar-refractivity contribution in [2.75, 3.05) is 44.3 Å². The molecule has 0 saturated heterocycles. The van der Waals surface area contributed by atoms with Gasteiger partial charge in [-0.15, -0.1) is 18.8 Å². The zero-order valence-electron chi connectivity index (χ0n) is 10.3. The van der Waals surface area contributed by atoms with Crippen molar-refractivity contribution in [3.05, 3.63) is 6.33 Å². The highest BCUT2D eigenvalue weighted by molar-refractivity contribution is 5.85. The van der Waals surface area contributed by atoms with Crippen LogP contribution in [-0.4, -0.2) is 48.9 Å². The first-order valence-electron chi connectivity index (χ1n) is 5.00. The number of halogens is 1. The Hall–Kier alpha value is -1.62. The first kappa shape index (κ1) is 16.4. The predicted molar refractivity (Wildman–Crippen MR) is 70.6 cm³/mol. The molecule has 0 fully saturated rings. The van der Waals surface area contributed by atoms with E-state index in [0.717, 1.165) is 0 Å². The van der Waals surface area contributed by atoms with Gasteiger partial charge >= 0.3 is 0 Å². The Morgan fingerprint density at radius 3 is 2.89 bits per heavy atom. The van der Waals surface area contributed by atoms with Crippen LogP contribution in [0.2, 0.25) is 0 Å². The van der Waals surface area contributed by atoms with E-state index < -0.39 is 0 Å². The molecule has 1 rings (SSSR count). The van der Waals surface area contributed by atoms with Crippen molar-refractivity contribution >= 4 is 24.3 Å². The second-order valence-corrected chi connectivity index (χ2v) is 2.99. The van der Waals surface area contributed by atoms with Crippen molar-refractivity contribution < 1.29 is 9.57 Å². The van der Waals surface area contributed by atoms with Crippen LogP contribution in [0.15, 0.2) is 6.33 Å². The van der Waals surface area contributed by atoms with Gasteiger partial charge in [0.05, 0.1) is 19.8 Å². The fourth-order valence-corrected chi connectivity index (χ4v) is 0.970. The summed E-state index contributed by atoms with van der Waals surface area (Å²) in [5.74, 6) is 3.24. The molecule has 0 aromatic carbocycles. The molecule has 1 aromatic rings. The van der Waals surface area contributed by atoms with E-state index in [0.29, 0.717) is 31.7 Å². The minimum Gasteiger partial charge on any atom is -0.382 e. The van der Waals surface area contributed by atoms with E-state index in [1.54, 1.807) is 14.2 Å². The molecule has 0 atom stereocenters. The summed E-state index contributed by atoms with van der Waals surface area (Å²) < 4.78 is 4.87. The Morgan fingerprint density at radius 2 is 2.22 bits per heavy atom. The smallest absolute Gasteiger partial charge is 0.254 e. The summed E-state index contributed by atoms with van der Waals surface area (Å²) in [6.07, 6.45) is 6.51. The van der Waals surface area contributed by atoms with Crippen molar-refractivity contribution in [1.82, 2.24) is 15.0 Å². The van der Waals surface area contributed by atoms with E-state index in [9.17, 15) is 0 Å². The van der Waals surface area contributed by atoms with Crippen LogP contribution in [0.3, 0.4) is 0 Å². The number of hydrogen-bond donors (Lipinski definition) is 1. The second kappa shape index (κ2) is 9.41. The highest BCUT2D eigenvalue weighted by Crippen LogP contribution is 2.06. The summed E-state index contributed by atoms with van der Waals surface area (Å²) in [7, 11) is 3.31. The number of aromatic nitrogens is 3. The van der Waals surface area contributed by atoms with Crippen LogP contribution in [0.5, 0.6) is 0 Å². The Kier molecular flexibility index (Phi) is 8.57. The number of nitrogens with zero attached hydrogens (tertiary/aromatic N) is 4. The van der Waals surface area contributed by atoms with Gasteiger partial charge in [-0.1, -0.05) is 5.92 Å². The van der Waals surface area contributed by atoms with Gasteiger partial charge in [0, 0.05) is 14.2 Å². The molecule has 7 nitrogen and oxygen atoms in total. The molecule has 18 heavy (non-hydrogen) atoms. The number of terminal acetylenes is 1. The zero-order valence-corrected chi connectivity index (χ0v) is 11.1. The molecule has 0 amide bonds. The number of hydroxylamine groups is 1. The molecule has 0 saturated carbocycles. The summed E-state index contributed by atoms with van der Waals surface area (Å²) in [6, 6.07) is 0. The largest absolute Gasteiger partial charge is 0.382 e. The van der Waals surface area contributed by atoms with Crippen molar-refractivity contribution in [2.45, 2.75) is 0 Å². The maximum atomic E-state index is 5.32. The molecule has 1 heterocycles. The highest BCUT2D eigenvalue weighted by Gasteiger charge is 2.06. The summed E-state index contributed by atoms with van der Waals surface area (Å²) in [6.45, 7) is 1.28. The van der Waals surface area contributed by atoms with Gasteiger partial charge in [-0.25, -0.2) is 10.0 Å². The molecule has 0 aliphatic carbocycles. The third-order valence-electron chi connectivity index (χ3n) is 1.76. The SMILES string of the molecule is C#CCNc1ncnc(N(C)OCCOC)n1.Cl. The molecule has 8 heteroatoms. The van der Waals surface area contributed by atoms with Crippen molar-refractivity contribution in [3.8, 4) is 12.3 Å². The number of ether oxygens (including phenoxy) is 1. The third-order valence-corrected chi connectivity index (χ3v) is 1.76. The monoisotopic (exact) mass is 273 g/mol. The molecule has 0 aliphatic heterocycles. The van der Waals surface area contributed by atoms with Gasteiger partial charge < -0.3 is 10.1 Å². The zero-order chi connectivity index (χ0) is 12.5. The number of anilines is 2. The maximum Gasteiger partial charge on any atom is 0.254 e. The second-order valence-electron chi connectivity index (χ2n) is 2.99. The van der Waals surface area contributed by atoms with Gasteiger partial charge in [0.15, 0.2) is 0 Å². The van der Waals surface area contributed by atoms with E-state index in [1.165, 1.54) is 11.4 Å². The molecule has 1 N–H and O–H groups in total. The van der Waals surface area contributed by atoms with E-state index in [4.69, 9.17) is 16.0 Å². The number of hydrogen-bond acceptors (Lipinski definition) is 7. The van der Waals surface area contributed by atoms with Gasteiger partial charge in [0.2, 0.25) is 5.95 Å². The number of rotatable bonds is 7. The molecule has 0 unspecified atom stereocenters. The number of methoxy groups -OCH3 is 1. The van der Waals surface area contributed by atoms with Crippen LogP contribution >= 0.6 is 12.4 Å². The summed E-state index contributed by atoms with van der Waals surface area (Å²) in [5.41, 5.74) is 0. The average molecular weight is 274 g/mol. The van der Waals surface area contributed by atoms with Crippen LogP contribution < -0.4 is 10.4 Å². The minimum absolute atomic E-state index is 0. The quantitative estimate of drug-likeness (QED) is 0.437. The molecule has 100 valence electrons. The lowest BCUT2D eigenvalue weighted by Crippen LogP contribution is -2.23. The Balaban J connectivity index is 0.00000289. The molecular formula is C10H16ClN5O2. The van der Waals surface area contributed by atoms with Crippen molar-refractivity contribution in [2.24, 2.45) is 0 Å². The van der Waals surface area contributed by atoms with E-state index in [2.05, 4.69) is 26.2 Å². The van der Waals surface area contributed by atoms with Crippen molar-refractivity contribution in [1.29, 1.82) is 0 Å². The number of nitrogens with one attached hydrogen (secondary N) is 1. The summed E-state index contributed by atoms with van der Waals surface area (Å²) in [4.78, 5) is 17.3. The maximum absolute atomic E-state index is 5.32. The van der Waals surface area contributed by atoms with Gasteiger partial charge in [-0.05, 0) is 0 Å². The Bertz CT molecular complexity index is 385. The molecular weight excluding hydrogens is 258 g/mol. The normalized spacial score (nSPS) is 9.17. The van der Waals surface area contributed by atoms with Crippen molar-refractivity contribution in [3.63, 3.8) is 0 Å². The first-order chi connectivity index (χ1) is 8.27. The minimum atomic E-state index is 0. The van der Waals surface area contributed by atoms with E-state index in [-0.39, 0.29) is 12.4 Å². The average Bonchev–Trinajstić information content (AvgIpc) is 2.37. The fraction of sp³-hybridized carbons (Fsp3) is 0.500. The van der Waals surface area contributed by atoms with Crippen LogP contribution in [0, 0.1) is 12.3 Å². The molecule has 0 aliphatic rings. The molecule has 1 aromatic heterocycles. The lowest BCUT2D eigenvalue weighted by atomic mass is 10.6. The van der Waals surface area contributed by atoms with Gasteiger partial charge in [-0.2, -0.15) is 9.97 Å². The fourth-order valence-electron chi connectivity index (χ4n) is 0.970. The Labute approximate surface area is 112 Å². The first-order valence-corrected chi connectivity index (χ1v) is 5.00. The van der Waals surface area contributed by atoms with Crippen LogP contribution in [0.4, 0.5) is 11.9 Å². The van der Waals surface area contributed by atoms with Gasteiger partial charge in [-0.3, -0.25) is 4.84 Å².